The van der Waals surface area contributed by atoms with Gasteiger partial charge < -0.3 is 16.0 Å². The topological polar surface area (TPSA) is 143 Å². The van der Waals surface area contributed by atoms with Crippen LogP contribution >= 0.6 is 0 Å². The minimum Gasteiger partial charge on any atom is -0.369 e. The van der Waals surface area contributed by atoms with Crippen molar-refractivity contribution in [2.24, 2.45) is 10.7 Å². The summed E-state index contributed by atoms with van der Waals surface area (Å²) in [6.45, 7) is 2.62. The highest BCUT2D eigenvalue weighted by Gasteiger charge is 2.46. The number of nitrogens with two attached hydrogens (primary N) is 1. The van der Waals surface area contributed by atoms with E-state index in [-0.39, 0.29) is 30.5 Å². The molecule has 1 aliphatic rings. The Balaban J connectivity index is 1.34. The first-order chi connectivity index (χ1) is 18.4. The molecule has 4 aromatic rings. The zero-order valence-electron chi connectivity index (χ0n) is 20.6. The number of pyridine rings is 1. The maximum atomic E-state index is 14.3. The highest BCUT2D eigenvalue weighted by atomic mass is 19.1. The third-order valence-corrected chi connectivity index (χ3v) is 6.26. The molecule has 1 saturated heterocycles. The van der Waals surface area contributed by atoms with Crippen molar-refractivity contribution in [3.8, 4) is 17.2 Å². The standard InChI is InChI=1S/C26H25FN10O/c1-18(38)13-36-15-20(12-31-36)33-25(29)34-24-23(7-4-10-30-24)35-16-26(17-35,8-9-28)37-14-19(11-32-37)21-5-2-3-6-22(21)27/h2-7,10-12,14-15H,8,13,16-17H2,1H3,(H3,29,30,33,34). The first-order valence-corrected chi connectivity index (χ1v) is 11.9. The van der Waals surface area contributed by atoms with Crippen LogP contribution in [0.25, 0.3) is 11.1 Å². The number of guanidine groups is 1. The molecule has 3 aromatic heterocycles. The van der Waals surface area contributed by atoms with Gasteiger partial charge in [-0.25, -0.2) is 9.37 Å². The van der Waals surface area contributed by atoms with E-state index >= 15 is 0 Å². The van der Waals surface area contributed by atoms with Crippen LogP contribution < -0.4 is 16.0 Å². The number of ketones is 1. The fraction of sp³-hybridized carbons (Fsp3) is 0.231. The number of nitrogens with one attached hydrogen (secondary N) is 1. The van der Waals surface area contributed by atoms with E-state index in [9.17, 15) is 14.4 Å². The van der Waals surface area contributed by atoms with E-state index < -0.39 is 5.54 Å². The van der Waals surface area contributed by atoms with Gasteiger partial charge in [0.05, 0.1) is 42.8 Å². The maximum absolute atomic E-state index is 14.3. The van der Waals surface area contributed by atoms with E-state index in [1.807, 2.05) is 11.0 Å². The summed E-state index contributed by atoms with van der Waals surface area (Å²) in [5.41, 5.74) is 8.00. The summed E-state index contributed by atoms with van der Waals surface area (Å²) in [5.74, 6) is 0.177. The van der Waals surface area contributed by atoms with Crippen LogP contribution in [0.5, 0.6) is 0 Å². The van der Waals surface area contributed by atoms with Gasteiger partial charge in [-0.15, -0.1) is 0 Å². The summed E-state index contributed by atoms with van der Waals surface area (Å²) in [7, 11) is 0. The minimum atomic E-state index is -0.579. The highest BCUT2D eigenvalue weighted by molar-refractivity contribution is 5.94. The van der Waals surface area contributed by atoms with Crippen LogP contribution in [0, 0.1) is 17.1 Å². The quantitative estimate of drug-likeness (QED) is 0.271. The zero-order chi connectivity index (χ0) is 26.7. The van der Waals surface area contributed by atoms with Crippen LogP contribution in [0.3, 0.4) is 0 Å². The molecule has 4 heterocycles. The van der Waals surface area contributed by atoms with E-state index in [1.54, 1.807) is 59.9 Å². The van der Waals surface area contributed by atoms with Gasteiger partial charge >= 0.3 is 0 Å². The van der Waals surface area contributed by atoms with E-state index in [2.05, 4.69) is 31.6 Å². The average Bonchev–Trinajstić information content (AvgIpc) is 3.52. The number of aromatic nitrogens is 5. The lowest BCUT2D eigenvalue weighted by molar-refractivity contribution is -0.117. The molecular formula is C26H25FN10O. The Kier molecular flexibility index (Phi) is 6.57. The van der Waals surface area contributed by atoms with Crippen LogP contribution in [0.15, 0.2) is 72.4 Å². The molecule has 0 bridgehead atoms. The van der Waals surface area contributed by atoms with E-state index in [0.29, 0.717) is 35.7 Å². The van der Waals surface area contributed by atoms with E-state index in [0.717, 1.165) is 5.69 Å². The molecule has 0 radical (unpaired) electrons. The monoisotopic (exact) mass is 512 g/mol. The van der Waals surface area contributed by atoms with Crippen LogP contribution in [0.2, 0.25) is 0 Å². The summed E-state index contributed by atoms with van der Waals surface area (Å²) >= 11 is 0. The van der Waals surface area contributed by atoms with Gasteiger partial charge in [0.25, 0.3) is 0 Å². The molecule has 5 rings (SSSR count). The number of hydrogen-bond acceptors (Lipinski definition) is 7. The third kappa shape index (κ3) is 4.94. The second-order valence-electron chi connectivity index (χ2n) is 9.17. The molecule has 12 heteroatoms. The Bertz CT molecular complexity index is 1540. The zero-order valence-corrected chi connectivity index (χ0v) is 20.6. The van der Waals surface area contributed by atoms with Crippen molar-refractivity contribution in [2.75, 3.05) is 23.3 Å². The van der Waals surface area contributed by atoms with Crippen LogP contribution in [-0.2, 0) is 16.9 Å². The number of rotatable bonds is 8. The van der Waals surface area contributed by atoms with Gasteiger partial charge in [0.2, 0.25) is 0 Å². The van der Waals surface area contributed by atoms with Crippen molar-refractivity contribution < 1.29 is 9.18 Å². The van der Waals surface area contributed by atoms with Gasteiger partial charge in [0.1, 0.15) is 11.4 Å². The molecule has 1 aromatic carbocycles. The van der Waals surface area contributed by atoms with E-state index in [4.69, 9.17) is 5.73 Å². The van der Waals surface area contributed by atoms with E-state index in [1.165, 1.54) is 17.7 Å². The summed E-state index contributed by atoms with van der Waals surface area (Å²) in [6.07, 6.45) is 8.46. The minimum absolute atomic E-state index is 0.0139. The molecule has 0 spiro atoms. The molecule has 0 saturated carbocycles. The molecular weight excluding hydrogens is 487 g/mol. The second kappa shape index (κ2) is 10.1. The van der Waals surface area contributed by atoms with Crippen molar-refractivity contribution in [1.29, 1.82) is 5.26 Å². The largest absolute Gasteiger partial charge is 0.369 e. The first kappa shape index (κ1) is 24.6. The summed E-state index contributed by atoms with van der Waals surface area (Å²) in [5, 5.41) is 21.1. The van der Waals surface area contributed by atoms with Gasteiger partial charge in [-0.1, -0.05) is 18.2 Å². The Morgan fingerprint density at radius 1 is 1.21 bits per heavy atom. The van der Waals surface area contributed by atoms with Gasteiger partial charge in [-0.05, 0) is 25.1 Å². The molecule has 11 nitrogen and oxygen atoms in total. The van der Waals surface area contributed by atoms with Crippen LogP contribution in [-0.4, -0.2) is 49.4 Å². The number of halogens is 1. The fourth-order valence-electron chi connectivity index (χ4n) is 4.49. The molecule has 3 N–H and O–H groups in total. The van der Waals surface area contributed by atoms with Crippen LogP contribution in [0.4, 0.5) is 21.6 Å². The third-order valence-electron chi connectivity index (χ3n) is 6.26. The average molecular weight is 513 g/mol. The number of aliphatic imine (C=N–C) groups is 1. The Labute approximate surface area is 218 Å². The number of anilines is 2. The second-order valence-corrected chi connectivity index (χ2v) is 9.17. The molecule has 1 fully saturated rings. The summed E-state index contributed by atoms with van der Waals surface area (Å²) in [4.78, 5) is 22.2. The van der Waals surface area contributed by atoms with Gasteiger partial charge in [-0.2, -0.15) is 20.5 Å². The van der Waals surface area contributed by atoms with Crippen molar-refractivity contribution in [2.45, 2.75) is 25.4 Å². The molecule has 192 valence electrons. The van der Waals surface area contributed by atoms with Gasteiger partial charge in [0, 0.05) is 42.8 Å². The van der Waals surface area contributed by atoms with Gasteiger partial charge in [0.15, 0.2) is 17.6 Å². The lowest BCUT2D eigenvalue weighted by atomic mass is 9.86. The van der Waals surface area contributed by atoms with Crippen molar-refractivity contribution in [3.63, 3.8) is 0 Å². The Hall–Kier alpha value is -5.05. The SMILES string of the molecule is CC(=O)Cn1cc(N/C(N)=N/c2ncccc2N2CC(CC#N)(n3cc(-c4ccccc4F)cn3)C2)cn1. The number of benzene rings is 1. The Morgan fingerprint density at radius 3 is 2.79 bits per heavy atom. The molecule has 1 aliphatic heterocycles. The fourth-order valence-corrected chi connectivity index (χ4v) is 4.49. The number of nitrogens with zero attached hydrogens (tertiary/aromatic N) is 8. The van der Waals surface area contributed by atoms with Crippen molar-refractivity contribution in [1.82, 2.24) is 24.5 Å². The molecule has 0 amide bonds. The van der Waals surface area contributed by atoms with Crippen LogP contribution in [0.1, 0.15) is 13.3 Å². The smallest absolute Gasteiger partial charge is 0.200 e. The summed E-state index contributed by atoms with van der Waals surface area (Å²) in [6, 6.07) is 12.5. The Morgan fingerprint density at radius 2 is 2.03 bits per heavy atom. The molecule has 0 atom stereocenters. The van der Waals surface area contributed by atoms with Crippen molar-refractivity contribution >= 4 is 28.9 Å². The van der Waals surface area contributed by atoms with Crippen molar-refractivity contribution in [3.05, 3.63) is 73.2 Å². The predicted molar refractivity (Wildman–Crippen MR) is 140 cm³/mol. The summed E-state index contributed by atoms with van der Waals surface area (Å²) < 4.78 is 17.6. The highest BCUT2D eigenvalue weighted by Crippen LogP contribution is 2.39. The lowest BCUT2D eigenvalue weighted by Crippen LogP contribution is -2.63. The molecule has 38 heavy (non-hydrogen) atoms. The first-order valence-electron chi connectivity index (χ1n) is 11.9. The number of hydrogen-bond donors (Lipinski definition) is 2. The number of nitriles is 1. The maximum Gasteiger partial charge on any atom is 0.200 e. The predicted octanol–water partition coefficient (Wildman–Crippen LogP) is 3.06. The number of carbonyl (C=O) groups is 1. The molecule has 0 aliphatic carbocycles. The normalized spacial score (nSPS) is 14.6. The number of Topliss-reactive ketones (excluding diaryl/α,β-unsaturated/α-hetero) is 1. The molecule has 0 unspecified atom stereocenters. The number of carbonyl (C=O) groups excluding carboxylic acids is 1. The van der Waals surface area contributed by atoms with Gasteiger partial charge in [-0.3, -0.25) is 14.2 Å². The lowest BCUT2D eigenvalue weighted by Gasteiger charge is -2.50.